The number of likely N-dealkylation sites (tertiary alicyclic amines) is 1. The summed E-state index contributed by atoms with van der Waals surface area (Å²) < 4.78 is 69.9. The van der Waals surface area contributed by atoms with Gasteiger partial charge in [-0.2, -0.15) is 13.2 Å². The summed E-state index contributed by atoms with van der Waals surface area (Å²) in [5.74, 6) is -3.24. The summed E-state index contributed by atoms with van der Waals surface area (Å²) in [6.45, 7) is -1.04. The Kier molecular flexibility index (Phi) is 5.08. The largest absolute Gasteiger partial charge is 0.481 e. The standard InChI is InChI=1S/C14H15F5N2O2/c15-8-1-3-11(10(16)5-8)23-7-13(22)21-6-9(20)2-4-12(21)14(17,18)19/h1,3,5,9,12H,2,4,6-7,20H2. The molecule has 1 aliphatic heterocycles. The van der Waals surface area contributed by atoms with Crippen molar-refractivity contribution in [1.82, 2.24) is 4.90 Å². The first-order chi connectivity index (χ1) is 10.7. The molecule has 0 aromatic heterocycles. The molecule has 2 N–H and O–H groups in total. The first-order valence-corrected chi connectivity index (χ1v) is 6.88. The third-order valence-corrected chi connectivity index (χ3v) is 3.56. The molecule has 0 spiro atoms. The second-order valence-electron chi connectivity index (χ2n) is 5.30. The number of nitrogens with zero attached hydrogens (tertiary/aromatic N) is 1. The molecular formula is C14H15F5N2O2. The van der Waals surface area contributed by atoms with Crippen molar-refractivity contribution in [3.63, 3.8) is 0 Å². The number of piperidine rings is 1. The zero-order valence-corrected chi connectivity index (χ0v) is 11.9. The number of amides is 1. The predicted molar refractivity (Wildman–Crippen MR) is 70.6 cm³/mol. The van der Waals surface area contributed by atoms with Crippen molar-refractivity contribution >= 4 is 5.91 Å². The summed E-state index contributed by atoms with van der Waals surface area (Å²) >= 11 is 0. The van der Waals surface area contributed by atoms with E-state index < -0.39 is 48.2 Å². The number of hydrogen-bond acceptors (Lipinski definition) is 3. The van der Waals surface area contributed by atoms with E-state index in [1.54, 1.807) is 0 Å². The molecule has 0 aliphatic carbocycles. The predicted octanol–water partition coefficient (Wildman–Crippen LogP) is 2.22. The Morgan fingerprint density at radius 3 is 2.61 bits per heavy atom. The van der Waals surface area contributed by atoms with Crippen LogP contribution in [0.4, 0.5) is 22.0 Å². The third-order valence-electron chi connectivity index (χ3n) is 3.56. The molecule has 1 saturated heterocycles. The van der Waals surface area contributed by atoms with Crippen molar-refractivity contribution in [3.05, 3.63) is 29.8 Å². The molecule has 2 atom stereocenters. The SMILES string of the molecule is NC1CCC(C(F)(F)F)N(C(=O)COc2ccc(F)cc2F)C1. The van der Waals surface area contributed by atoms with Crippen LogP contribution in [0.1, 0.15) is 12.8 Å². The van der Waals surface area contributed by atoms with Gasteiger partial charge in [0.2, 0.25) is 0 Å². The van der Waals surface area contributed by atoms with Crippen LogP contribution in [-0.4, -0.2) is 42.2 Å². The van der Waals surface area contributed by atoms with Gasteiger partial charge in [0.15, 0.2) is 18.2 Å². The van der Waals surface area contributed by atoms with Crippen molar-refractivity contribution in [2.24, 2.45) is 5.73 Å². The van der Waals surface area contributed by atoms with Crippen molar-refractivity contribution in [2.45, 2.75) is 31.1 Å². The van der Waals surface area contributed by atoms with Crippen LogP contribution in [0.25, 0.3) is 0 Å². The average Bonchev–Trinajstić information content (AvgIpc) is 2.44. The fourth-order valence-electron chi connectivity index (χ4n) is 2.43. The van der Waals surface area contributed by atoms with Crippen LogP contribution in [0.15, 0.2) is 18.2 Å². The summed E-state index contributed by atoms with van der Waals surface area (Å²) in [6.07, 6.45) is -4.71. The first kappa shape index (κ1) is 17.5. The molecule has 2 rings (SSSR count). The van der Waals surface area contributed by atoms with Crippen LogP contribution in [0.2, 0.25) is 0 Å². The van der Waals surface area contributed by atoms with Gasteiger partial charge in [-0.3, -0.25) is 4.79 Å². The molecule has 1 heterocycles. The van der Waals surface area contributed by atoms with Gasteiger partial charge >= 0.3 is 6.18 Å². The molecule has 0 radical (unpaired) electrons. The van der Waals surface area contributed by atoms with Crippen molar-refractivity contribution in [2.75, 3.05) is 13.2 Å². The smallest absolute Gasteiger partial charge is 0.408 e. The number of carbonyl (C=O) groups excluding carboxylic acids is 1. The normalized spacial score (nSPS) is 22.1. The maximum Gasteiger partial charge on any atom is 0.408 e. The molecule has 1 aromatic rings. The van der Waals surface area contributed by atoms with Gasteiger partial charge in [0.25, 0.3) is 5.91 Å². The maximum absolute atomic E-state index is 13.4. The van der Waals surface area contributed by atoms with Crippen LogP contribution < -0.4 is 10.5 Å². The fraction of sp³-hybridized carbons (Fsp3) is 0.500. The summed E-state index contributed by atoms with van der Waals surface area (Å²) in [5, 5.41) is 0. The van der Waals surface area contributed by atoms with E-state index in [1.807, 2.05) is 0 Å². The molecule has 4 nitrogen and oxygen atoms in total. The Bertz CT molecular complexity index is 579. The van der Waals surface area contributed by atoms with Gasteiger partial charge in [0.1, 0.15) is 11.9 Å². The van der Waals surface area contributed by atoms with Gasteiger partial charge in [-0.05, 0) is 25.0 Å². The molecule has 2 unspecified atom stereocenters. The van der Waals surface area contributed by atoms with E-state index in [1.165, 1.54) is 0 Å². The highest BCUT2D eigenvalue weighted by Crippen LogP contribution is 2.31. The molecular weight excluding hydrogens is 323 g/mol. The number of halogens is 5. The Hall–Kier alpha value is -1.90. The Labute approximate surface area is 129 Å². The van der Waals surface area contributed by atoms with Gasteiger partial charge in [-0.25, -0.2) is 8.78 Å². The second kappa shape index (κ2) is 6.69. The number of nitrogens with two attached hydrogens (primary N) is 1. The zero-order valence-electron chi connectivity index (χ0n) is 11.9. The average molecular weight is 338 g/mol. The van der Waals surface area contributed by atoms with E-state index >= 15 is 0 Å². The number of benzene rings is 1. The minimum Gasteiger partial charge on any atom is -0.481 e. The Balaban J connectivity index is 2.05. The fourth-order valence-corrected chi connectivity index (χ4v) is 2.43. The lowest BCUT2D eigenvalue weighted by molar-refractivity contribution is -0.197. The zero-order chi connectivity index (χ0) is 17.2. The minimum atomic E-state index is -4.57. The van der Waals surface area contributed by atoms with Gasteiger partial charge < -0.3 is 15.4 Å². The number of carbonyl (C=O) groups is 1. The second-order valence-corrected chi connectivity index (χ2v) is 5.30. The van der Waals surface area contributed by atoms with Crippen LogP contribution in [-0.2, 0) is 4.79 Å². The maximum atomic E-state index is 13.4. The number of ether oxygens (including phenoxy) is 1. The monoisotopic (exact) mass is 338 g/mol. The quantitative estimate of drug-likeness (QED) is 0.860. The highest BCUT2D eigenvalue weighted by Gasteiger charge is 2.47. The van der Waals surface area contributed by atoms with Crippen LogP contribution in [0.3, 0.4) is 0 Å². The molecule has 128 valence electrons. The Morgan fingerprint density at radius 1 is 1.30 bits per heavy atom. The minimum absolute atomic E-state index is 0.154. The molecule has 9 heteroatoms. The Morgan fingerprint density at radius 2 is 2.00 bits per heavy atom. The van der Waals surface area contributed by atoms with Crippen molar-refractivity contribution in [3.8, 4) is 5.75 Å². The van der Waals surface area contributed by atoms with Crippen molar-refractivity contribution < 1.29 is 31.5 Å². The third kappa shape index (κ3) is 4.31. The van der Waals surface area contributed by atoms with Crippen LogP contribution in [0, 0.1) is 11.6 Å². The van der Waals surface area contributed by atoms with Gasteiger partial charge in [-0.15, -0.1) is 0 Å². The lowest BCUT2D eigenvalue weighted by Gasteiger charge is -2.39. The molecule has 23 heavy (non-hydrogen) atoms. The molecule has 0 saturated carbocycles. The van der Waals surface area contributed by atoms with Gasteiger partial charge in [-0.1, -0.05) is 0 Å². The van der Waals surface area contributed by atoms with Crippen LogP contribution in [0.5, 0.6) is 5.75 Å². The van der Waals surface area contributed by atoms with E-state index in [0.717, 1.165) is 12.1 Å². The summed E-state index contributed by atoms with van der Waals surface area (Å²) in [6, 6.07) is -0.0642. The number of rotatable bonds is 3. The summed E-state index contributed by atoms with van der Waals surface area (Å²) in [5.41, 5.74) is 5.61. The number of alkyl halides is 3. The molecule has 1 amide bonds. The van der Waals surface area contributed by atoms with Gasteiger partial charge in [0, 0.05) is 18.7 Å². The highest BCUT2D eigenvalue weighted by atomic mass is 19.4. The van der Waals surface area contributed by atoms with Gasteiger partial charge in [0.05, 0.1) is 0 Å². The summed E-state index contributed by atoms with van der Waals surface area (Å²) in [7, 11) is 0. The van der Waals surface area contributed by atoms with E-state index in [2.05, 4.69) is 0 Å². The molecule has 1 aromatic carbocycles. The first-order valence-electron chi connectivity index (χ1n) is 6.88. The lowest BCUT2D eigenvalue weighted by atomic mass is 9.98. The van der Waals surface area contributed by atoms with E-state index in [-0.39, 0.29) is 19.4 Å². The topological polar surface area (TPSA) is 55.6 Å². The number of hydrogen-bond donors (Lipinski definition) is 1. The summed E-state index contributed by atoms with van der Waals surface area (Å²) in [4.78, 5) is 12.6. The van der Waals surface area contributed by atoms with Crippen LogP contribution >= 0.6 is 0 Å². The van der Waals surface area contributed by atoms with Crippen molar-refractivity contribution in [1.29, 1.82) is 0 Å². The lowest BCUT2D eigenvalue weighted by Crippen LogP contribution is -2.57. The van der Waals surface area contributed by atoms with E-state index in [4.69, 9.17) is 10.5 Å². The highest BCUT2D eigenvalue weighted by molar-refractivity contribution is 5.78. The van der Waals surface area contributed by atoms with E-state index in [9.17, 15) is 26.7 Å². The van der Waals surface area contributed by atoms with E-state index in [0.29, 0.717) is 11.0 Å². The molecule has 1 aliphatic rings. The molecule has 0 bridgehead atoms. The molecule has 1 fully saturated rings.